The molecule has 1 atom stereocenters. The Kier molecular flexibility index (Phi) is 9.84. The van der Waals surface area contributed by atoms with Gasteiger partial charge in [0.2, 0.25) is 21.8 Å². The summed E-state index contributed by atoms with van der Waals surface area (Å²) in [7, 11) is -3.88. The van der Waals surface area contributed by atoms with Crippen molar-refractivity contribution in [1.29, 1.82) is 0 Å². The molecule has 2 aromatic carbocycles. The zero-order valence-electron chi connectivity index (χ0n) is 18.5. The first-order valence-electron chi connectivity index (χ1n) is 10.2. The van der Waals surface area contributed by atoms with E-state index in [0.29, 0.717) is 22.2 Å². The number of hydrogen-bond acceptors (Lipinski definition) is 4. The highest BCUT2D eigenvalue weighted by molar-refractivity contribution is 7.92. The lowest BCUT2D eigenvalue weighted by molar-refractivity contribution is -0.139. The molecule has 2 amide bonds. The van der Waals surface area contributed by atoms with Crippen molar-refractivity contribution in [2.75, 3.05) is 23.7 Å². The van der Waals surface area contributed by atoms with Crippen LogP contribution in [0, 0.1) is 0 Å². The van der Waals surface area contributed by atoms with E-state index in [4.69, 9.17) is 34.8 Å². The molecule has 0 spiro atoms. The Bertz CT molecular complexity index is 1110. The zero-order chi connectivity index (χ0) is 24.8. The predicted octanol–water partition coefficient (Wildman–Crippen LogP) is 4.36. The van der Waals surface area contributed by atoms with Gasteiger partial charge < -0.3 is 10.2 Å². The fourth-order valence-corrected chi connectivity index (χ4v) is 4.72. The van der Waals surface area contributed by atoms with Crippen molar-refractivity contribution in [3.05, 3.63) is 63.1 Å². The molecular weight excluding hydrogens is 509 g/mol. The molecule has 1 N–H and O–H groups in total. The van der Waals surface area contributed by atoms with Crippen molar-refractivity contribution in [2.24, 2.45) is 0 Å². The Hall–Kier alpha value is -2.00. The van der Waals surface area contributed by atoms with Gasteiger partial charge in [-0.25, -0.2) is 8.42 Å². The quantitative estimate of drug-likeness (QED) is 0.491. The standard InChI is InChI=1S/C22H26Cl3N3O4S/c1-4-10-26-22(30)15(2)27(13-16-6-5-7-17(23)11-16)21(29)14-28(33(3,31)32)20-9-8-18(24)12-19(20)25/h5-9,11-12,15H,4,10,13-14H2,1-3H3,(H,26,30). The second-order valence-corrected chi connectivity index (χ2v) is 10.7. The van der Waals surface area contributed by atoms with Gasteiger partial charge >= 0.3 is 0 Å². The van der Waals surface area contributed by atoms with E-state index in [2.05, 4.69) is 5.32 Å². The third-order valence-electron chi connectivity index (χ3n) is 4.82. The van der Waals surface area contributed by atoms with Crippen LogP contribution in [-0.2, 0) is 26.2 Å². The summed E-state index contributed by atoms with van der Waals surface area (Å²) in [6, 6.07) is 10.3. The van der Waals surface area contributed by atoms with Crippen molar-refractivity contribution in [3.63, 3.8) is 0 Å². The molecule has 0 fully saturated rings. The van der Waals surface area contributed by atoms with Gasteiger partial charge in [0.1, 0.15) is 12.6 Å². The summed E-state index contributed by atoms with van der Waals surface area (Å²) >= 11 is 18.2. The average Bonchev–Trinajstić information content (AvgIpc) is 2.73. The van der Waals surface area contributed by atoms with Gasteiger partial charge in [-0.05, 0) is 49.2 Å². The highest BCUT2D eigenvalue weighted by Gasteiger charge is 2.30. The molecule has 0 saturated carbocycles. The number of nitrogens with one attached hydrogen (secondary N) is 1. The molecule has 2 rings (SSSR count). The summed E-state index contributed by atoms with van der Waals surface area (Å²) in [4.78, 5) is 27.4. The third kappa shape index (κ3) is 7.78. The van der Waals surface area contributed by atoms with Crippen molar-refractivity contribution in [3.8, 4) is 0 Å². The van der Waals surface area contributed by atoms with Crippen LogP contribution in [0.2, 0.25) is 15.1 Å². The molecule has 1 unspecified atom stereocenters. The molecule has 0 aromatic heterocycles. The molecule has 0 radical (unpaired) electrons. The first-order chi connectivity index (χ1) is 15.4. The second kappa shape index (κ2) is 11.9. The molecule has 2 aromatic rings. The lowest BCUT2D eigenvalue weighted by Gasteiger charge is -2.31. The van der Waals surface area contributed by atoms with Gasteiger partial charge in [-0.2, -0.15) is 0 Å². The molecular formula is C22H26Cl3N3O4S. The molecule has 0 saturated heterocycles. The second-order valence-electron chi connectivity index (χ2n) is 7.48. The van der Waals surface area contributed by atoms with Crippen LogP contribution in [0.5, 0.6) is 0 Å². The molecule has 0 bridgehead atoms. The van der Waals surface area contributed by atoms with E-state index in [0.717, 1.165) is 17.0 Å². The van der Waals surface area contributed by atoms with Crippen LogP contribution in [-0.4, -0.2) is 50.5 Å². The van der Waals surface area contributed by atoms with Crippen molar-refractivity contribution in [1.82, 2.24) is 10.2 Å². The summed E-state index contributed by atoms with van der Waals surface area (Å²) in [6.45, 7) is 3.48. The maximum Gasteiger partial charge on any atom is 0.244 e. The van der Waals surface area contributed by atoms with Crippen LogP contribution >= 0.6 is 34.8 Å². The maximum absolute atomic E-state index is 13.4. The SMILES string of the molecule is CCCNC(=O)C(C)N(Cc1cccc(Cl)c1)C(=O)CN(c1ccc(Cl)cc1Cl)S(C)(=O)=O. The Morgan fingerprint density at radius 3 is 2.30 bits per heavy atom. The number of anilines is 1. The van der Waals surface area contributed by atoms with E-state index >= 15 is 0 Å². The average molecular weight is 535 g/mol. The highest BCUT2D eigenvalue weighted by Crippen LogP contribution is 2.30. The Balaban J connectivity index is 2.40. The summed E-state index contributed by atoms with van der Waals surface area (Å²) in [5, 5.41) is 3.65. The molecule has 11 heteroatoms. The summed E-state index contributed by atoms with van der Waals surface area (Å²) < 4.78 is 26.0. The number of hydrogen-bond donors (Lipinski definition) is 1. The van der Waals surface area contributed by atoms with Gasteiger partial charge in [0.15, 0.2) is 0 Å². The van der Waals surface area contributed by atoms with Crippen LogP contribution in [0.4, 0.5) is 5.69 Å². The number of rotatable bonds is 10. The maximum atomic E-state index is 13.4. The van der Waals surface area contributed by atoms with Crippen molar-refractivity contribution < 1.29 is 18.0 Å². The van der Waals surface area contributed by atoms with E-state index in [9.17, 15) is 18.0 Å². The topological polar surface area (TPSA) is 86.8 Å². The minimum atomic E-state index is -3.88. The van der Waals surface area contributed by atoms with Gasteiger partial charge in [-0.1, -0.05) is 53.9 Å². The number of carbonyl (C=O) groups excluding carboxylic acids is 2. The monoisotopic (exact) mass is 533 g/mol. The van der Waals surface area contributed by atoms with Gasteiger partial charge in [-0.15, -0.1) is 0 Å². The molecule has 0 heterocycles. The molecule has 180 valence electrons. The molecule has 0 aliphatic heterocycles. The molecule has 0 aliphatic carbocycles. The molecule has 33 heavy (non-hydrogen) atoms. The first kappa shape index (κ1) is 27.2. The van der Waals surface area contributed by atoms with Crippen LogP contribution in [0.15, 0.2) is 42.5 Å². The molecule has 0 aliphatic rings. The fraction of sp³-hybridized carbons (Fsp3) is 0.364. The smallest absolute Gasteiger partial charge is 0.244 e. The lowest BCUT2D eigenvalue weighted by atomic mass is 10.1. The predicted molar refractivity (Wildman–Crippen MR) is 133 cm³/mol. The summed E-state index contributed by atoms with van der Waals surface area (Å²) in [5.74, 6) is -0.923. The van der Waals surface area contributed by atoms with E-state index in [1.807, 2.05) is 6.92 Å². The Labute approximate surface area is 209 Å². The Morgan fingerprint density at radius 1 is 1.06 bits per heavy atom. The van der Waals surface area contributed by atoms with E-state index in [1.54, 1.807) is 31.2 Å². The number of amides is 2. The van der Waals surface area contributed by atoms with Gasteiger partial charge in [-0.3, -0.25) is 13.9 Å². The largest absolute Gasteiger partial charge is 0.354 e. The van der Waals surface area contributed by atoms with Crippen LogP contribution in [0.1, 0.15) is 25.8 Å². The van der Waals surface area contributed by atoms with Crippen LogP contribution in [0.3, 0.4) is 0 Å². The number of nitrogens with zero attached hydrogens (tertiary/aromatic N) is 2. The van der Waals surface area contributed by atoms with Crippen molar-refractivity contribution in [2.45, 2.75) is 32.9 Å². The van der Waals surface area contributed by atoms with Crippen LogP contribution in [0.25, 0.3) is 0 Å². The number of sulfonamides is 1. The number of halogens is 3. The van der Waals surface area contributed by atoms with E-state index in [-0.39, 0.29) is 23.2 Å². The van der Waals surface area contributed by atoms with Crippen LogP contribution < -0.4 is 9.62 Å². The third-order valence-corrected chi connectivity index (χ3v) is 6.72. The van der Waals surface area contributed by atoms with Crippen molar-refractivity contribution >= 4 is 62.3 Å². The summed E-state index contributed by atoms with van der Waals surface area (Å²) in [5.41, 5.74) is 0.809. The van der Waals surface area contributed by atoms with E-state index in [1.165, 1.54) is 23.1 Å². The Morgan fingerprint density at radius 2 is 1.73 bits per heavy atom. The fourth-order valence-electron chi connectivity index (χ4n) is 3.09. The van der Waals surface area contributed by atoms with E-state index < -0.39 is 28.5 Å². The highest BCUT2D eigenvalue weighted by atomic mass is 35.5. The summed E-state index contributed by atoms with van der Waals surface area (Å²) in [6.07, 6.45) is 1.71. The minimum absolute atomic E-state index is 0.0616. The number of benzene rings is 2. The molecule has 7 nitrogen and oxygen atoms in total. The first-order valence-corrected chi connectivity index (χ1v) is 13.2. The van der Waals surface area contributed by atoms with Gasteiger partial charge in [0.05, 0.1) is 17.0 Å². The number of carbonyl (C=O) groups is 2. The lowest BCUT2D eigenvalue weighted by Crippen LogP contribution is -2.51. The van der Waals surface area contributed by atoms with Gasteiger partial charge in [0, 0.05) is 23.1 Å². The minimum Gasteiger partial charge on any atom is -0.354 e. The zero-order valence-corrected chi connectivity index (χ0v) is 21.6. The van der Waals surface area contributed by atoms with Gasteiger partial charge in [0.25, 0.3) is 0 Å². The normalized spacial score (nSPS) is 12.2.